The third-order valence-corrected chi connectivity index (χ3v) is 7.39. The monoisotopic (exact) mass is 422 g/mol. The highest BCUT2D eigenvalue weighted by molar-refractivity contribution is 7.22. The van der Waals surface area contributed by atoms with Crippen molar-refractivity contribution in [2.45, 2.75) is 38.6 Å². The van der Waals surface area contributed by atoms with Gasteiger partial charge in [0.2, 0.25) is 0 Å². The van der Waals surface area contributed by atoms with E-state index in [9.17, 15) is 9.90 Å². The van der Waals surface area contributed by atoms with Gasteiger partial charge in [0.05, 0.1) is 15.9 Å². The quantitative estimate of drug-likeness (QED) is 0.671. The van der Waals surface area contributed by atoms with Crippen LogP contribution in [0.4, 0.5) is 5.13 Å². The molecule has 1 aromatic carbocycles. The normalized spacial score (nSPS) is 20.2. The predicted octanol–water partition coefficient (Wildman–Crippen LogP) is 4.43. The number of carboxylic acids is 1. The molecule has 1 unspecified atom stereocenters. The molecule has 0 spiro atoms. The lowest BCUT2D eigenvalue weighted by Gasteiger charge is -2.32. The van der Waals surface area contributed by atoms with Crippen molar-refractivity contribution in [3.8, 4) is 11.3 Å². The van der Waals surface area contributed by atoms with Crippen LogP contribution in [0.1, 0.15) is 41.7 Å². The van der Waals surface area contributed by atoms with Gasteiger partial charge in [-0.05, 0) is 63.0 Å². The van der Waals surface area contributed by atoms with Gasteiger partial charge in [-0.1, -0.05) is 29.9 Å². The summed E-state index contributed by atoms with van der Waals surface area (Å²) < 4.78 is 1.11. The molecule has 1 N–H and O–H groups in total. The van der Waals surface area contributed by atoms with Gasteiger partial charge in [-0.2, -0.15) is 0 Å². The lowest BCUT2D eigenvalue weighted by Crippen LogP contribution is -2.40. The highest BCUT2D eigenvalue weighted by Crippen LogP contribution is 2.34. The number of carbonyl (C=O) groups is 1. The van der Waals surface area contributed by atoms with E-state index in [0.717, 1.165) is 34.0 Å². The Balaban J connectivity index is 1.38. The first kappa shape index (κ1) is 19.5. The Bertz CT molecular complexity index is 1090. The van der Waals surface area contributed by atoms with Gasteiger partial charge >= 0.3 is 5.97 Å². The summed E-state index contributed by atoms with van der Waals surface area (Å²) in [4.78, 5) is 25.8. The first-order valence-corrected chi connectivity index (χ1v) is 11.5. The average molecular weight is 423 g/mol. The number of piperidine rings is 1. The van der Waals surface area contributed by atoms with Crippen molar-refractivity contribution >= 4 is 32.7 Å². The number of aryl methyl sites for hydroxylation is 1. The van der Waals surface area contributed by atoms with E-state index in [4.69, 9.17) is 4.98 Å². The minimum atomic E-state index is -0.993. The lowest BCUT2D eigenvalue weighted by molar-refractivity contribution is 0.0690. The minimum absolute atomic E-state index is 0.110. The molecule has 0 radical (unpaired) electrons. The van der Waals surface area contributed by atoms with Gasteiger partial charge in [0, 0.05) is 24.7 Å². The second kappa shape index (κ2) is 7.96. The molecule has 2 aliphatic heterocycles. The molecule has 4 heterocycles. The number of aromatic carboxylic acids is 1. The van der Waals surface area contributed by atoms with E-state index in [1.165, 1.54) is 38.8 Å². The molecule has 2 aliphatic rings. The second-order valence-electron chi connectivity index (χ2n) is 8.33. The van der Waals surface area contributed by atoms with Gasteiger partial charge < -0.3 is 10.0 Å². The first-order chi connectivity index (χ1) is 14.6. The predicted molar refractivity (Wildman–Crippen MR) is 121 cm³/mol. The maximum Gasteiger partial charge on any atom is 0.354 e. The molecule has 1 atom stereocenters. The first-order valence-electron chi connectivity index (χ1n) is 10.7. The zero-order valence-electron chi connectivity index (χ0n) is 17.2. The van der Waals surface area contributed by atoms with Gasteiger partial charge in [-0.25, -0.2) is 14.8 Å². The summed E-state index contributed by atoms with van der Waals surface area (Å²) in [5, 5.41) is 10.5. The number of thiazole rings is 1. The van der Waals surface area contributed by atoms with Crippen LogP contribution in [-0.2, 0) is 0 Å². The van der Waals surface area contributed by atoms with E-state index in [1.807, 2.05) is 24.3 Å². The number of anilines is 1. The van der Waals surface area contributed by atoms with Gasteiger partial charge in [-0.15, -0.1) is 0 Å². The Morgan fingerprint density at radius 3 is 2.73 bits per heavy atom. The molecule has 5 rings (SSSR count). The van der Waals surface area contributed by atoms with Crippen molar-refractivity contribution in [1.29, 1.82) is 0 Å². The molecule has 2 saturated heterocycles. The van der Waals surface area contributed by atoms with Crippen LogP contribution in [0.3, 0.4) is 0 Å². The summed E-state index contributed by atoms with van der Waals surface area (Å²) in [5.41, 5.74) is 3.38. The number of fused-ring (bicyclic) bond motifs is 1. The van der Waals surface area contributed by atoms with Gasteiger partial charge in [0.25, 0.3) is 0 Å². The molecule has 0 amide bonds. The van der Waals surface area contributed by atoms with Crippen molar-refractivity contribution in [3.63, 3.8) is 0 Å². The molecule has 6 nitrogen and oxygen atoms in total. The third-order valence-electron chi connectivity index (χ3n) is 6.31. The Hall–Kier alpha value is -2.51. The molecule has 2 fully saturated rings. The largest absolute Gasteiger partial charge is 0.477 e. The molecular weight excluding hydrogens is 396 g/mol. The molecular formula is C23H26N4O2S. The Labute approximate surface area is 180 Å². The Morgan fingerprint density at radius 1 is 1.10 bits per heavy atom. The maximum atomic E-state index is 11.4. The summed E-state index contributed by atoms with van der Waals surface area (Å²) >= 11 is 1.72. The maximum absolute atomic E-state index is 11.4. The number of pyridine rings is 1. The summed E-state index contributed by atoms with van der Waals surface area (Å²) in [7, 11) is 0. The van der Waals surface area contributed by atoms with E-state index in [2.05, 4.69) is 20.9 Å². The fourth-order valence-corrected chi connectivity index (χ4v) is 5.65. The molecule has 0 bridgehead atoms. The van der Waals surface area contributed by atoms with Crippen LogP contribution >= 0.6 is 11.3 Å². The van der Waals surface area contributed by atoms with Crippen LogP contribution in [0.5, 0.6) is 0 Å². The van der Waals surface area contributed by atoms with Crippen LogP contribution in [0, 0.1) is 6.92 Å². The highest BCUT2D eigenvalue weighted by Gasteiger charge is 2.30. The number of hydrogen-bond donors (Lipinski definition) is 1. The van der Waals surface area contributed by atoms with Crippen molar-refractivity contribution < 1.29 is 9.90 Å². The number of carboxylic acid groups (broad SMARTS) is 1. The molecule has 3 aromatic rings. The highest BCUT2D eigenvalue weighted by atomic mass is 32.1. The lowest BCUT2D eigenvalue weighted by atomic mass is 10.1. The summed E-state index contributed by atoms with van der Waals surface area (Å²) in [6.45, 7) is 6.38. The van der Waals surface area contributed by atoms with Gasteiger partial charge in [-0.3, -0.25) is 4.90 Å². The minimum Gasteiger partial charge on any atom is -0.477 e. The summed E-state index contributed by atoms with van der Waals surface area (Å²) in [6, 6.07) is 10.4. The van der Waals surface area contributed by atoms with Crippen molar-refractivity contribution in [2.75, 3.05) is 31.1 Å². The van der Waals surface area contributed by atoms with E-state index in [-0.39, 0.29) is 5.69 Å². The number of nitrogens with zero attached hydrogens (tertiary/aromatic N) is 4. The van der Waals surface area contributed by atoms with Gasteiger partial charge in [0.1, 0.15) is 0 Å². The Morgan fingerprint density at radius 2 is 1.93 bits per heavy atom. The molecule has 2 aromatic heterocycles. The summed E-state index contributed by atoms with van der Waals surface area (Å²) in [5.74, 6) is -0.993. The number of rotatable bonds is 4. The molecule has 156 valence electrons. The zero-order valence-corrected chi connectivity index (χ0v) is 18.0. The second-order valence-corrected chi connectivity index (χ2v) is 9.34. The van der Waals surface area contributed by atoms with E-state index in [1.54, 1.807) is 18.3 Å². The topological polar surface area (TPSA) is 69.6 Å². The fourth-order valence-electron chi connectivity index (χ4n) is 4.61. The smallest absolute Gasteiger partial charge is 0.354 e. The number of benzene rings is 1. The number of hydrogen-bond acceptors (Lipinski definition) is 6. The van der Waals surface area contributed by atoms with Crippen LogP contribution in [-0.4, -0.2) is 58.2 Å². The molecule has 0 aliphatic carbocycles. The van der Waals surface area contributed by atoms with Crippen molar-refractivity contribution in [2.24, 2.45) is 0 Å². The average Bonchev–Trinajstić information content (AvgIpc) is 3.41. The van der Waals surface area contributed by atoms with Crippen LogP contribution in [0.25, 0.3) is 21.5 Å². The van der Waals surface area contributed by atoms with Crippen LogP contribution in [0.2, 0.25) is 0 Å². The van der Waals surface area contributed by atoms with E-state index >= 15 is 0 Å². The molecule has 0 saturated carbocycles. The third kappa shape index (κ3) is 3.68. The number of aromatic nitrogens is 2. The van der Waals surface area contributed by atoms with Crippen molar-refractivity contribution in [1.82, 2.24) is 14.9 Å². The molecule has 30 heavy (non-hydrogen) atoms. The Kier molecular flexibility index (Phi) is 5.16. The molecule has 7 heteroatoms. The summed E-state index contributed by atoms with van der Waals surface area (Å²) in [6.07, 6.45) is 5.25. The standard InChI is InChI=1S/C23H26N4O2S/c1-15-5-7-18(24-21(15)22(28)29)16-6-8-19-20(13-16)30-23(25-19)27-12-9-17(14-27)26-10-3-2-4-11-26/h5-8,13,17H,2-4,9-12,14H2,1H3,(H,28,29). The fraction of sp³-hybridized carbons (Fsp3) is 0.435. The number of likely N-dealkylation sites (tertiary alicyclic amines) is 1. The van der Waals surface area contributed by atoms with Gasteiger partial charge in [0.15, 0.2) is 10.8 Å². The SMILES string of the molecule is Cc1ccc(-c2ccc3nc(N4CCC(N5CCCCC5)C4)sc3c2)nc1C(=O)O. The van der Waals surface area contributed by atoms with Crippen LogP contribution < -0.4 is 4.90 Å². The van der Waals surface area contributed by atoms with E-state index in [0.29, 0.717) is 17.3 Å². The van der Waals surface area contributed by atoms with E-state index < -0.39 is 5.97 Å². The van der Waals surface area contributed by atoms with Crippen molar-refractivity contribution in [3.05, 3.63) is 41.6 Å². The zero-order chi connectivity index (χ0) is 20.7. The van der Waals surface area contributed by atoms with Crippen LogP contribution in [0.15, 0.2) is 30.3 Å².